The fraction of sp³-hybridized carbons (Fsp3) is 0.150. The molecule has 0 fully saturated rings. The zero-order valence-electron chi connectivity index (χ0n) is 16.1. The molecule has 10 heteroatoms. The van der Waals surface area contributed by atoms with Crippen LogP contribution in [0.5, 0.6) is 0 Å². The van der Waals surface area contributed by atoms with E-state index in [1.54, 1.807) is 31.2 Å². The number of hydrogen-bond donors (Lipinski definition) is 2. The maximum absolute atomic E-state index is 12.7. The van der Waals surface area contributed by atoms with E-state index in [0.717, 1.165) is 0 Å². The van der Waals surface area contributed by atoms with Crippen LogP contribution in [0.4, 0.5) is 11.7 Å². The SMILES string of the molecule is CCOC(=O)c1c(-c2ccc(Cl)cc2)noc1NC(=O)c1ccnc(NC(C)=O)c1. The molecule has 154 valence electrons. The molecule has 0 radical (unpaired) electrons. The summed E-state index contributed by atoms with van der Waals surface area (Å²) in [7, 11) is 0. The Morgan fingerprint density at radius 2 is 1.87 bits per heavy atom. The van der Waals surface area contributed by atoms with Crippen LogP contribution in [-0.4, -0.2) is 34.5 Å². The van der Waals surface area contributed by atoms with E-state index in [9.17, 15) is 14.4 Å². The van der Waals surface area contributed by atoms with E-state index in [1.165, 1.54) is 25.3 Å². The van der Waals surface area contributed by atoms with Gasteiger partial charge in [0.1, 0.15) is 11.5 Å². The maximum atomic E-state index is 12.7. The molecule has 0 saturated carbocycles. The van der Waals surface area contributed by atoms with Gasteiger partial charge in [-0.3, -0.25) is 14.9 Å². The molecule has 2 heterocycles. The van der Waals surface area contributed by atoms with E-state index >= 15 is 0 Å². The lowest BCUT2D eigenvalue weighted by Crippen LogP contribution is -2.16. The number of halogens is 1. The van der Waals surface area contributed by atoms with Gasteiger partial charge >= 0.3 is 5.97 Å². The summed E-state index contributed by atoms with van der Waals surface area (Å²) in [6.45, 7) is 3.11. The van der Waals surface area contributed by atoms with Gasteiger partial charge in [-0.1, -0.05) is 28.9 Å². The number of carbonyl (C=O) groups excluding carboxylic acids is 3. The molecule has 0 aliphatic heterocycles. The minimum Gasteiger partial charge on any atom is -0.462 e. The molecule has 0 aliphatic carbocycles. The van der Waals surface area contributed by atoms with Crippen LogP contribution in [0.15, 0.2) is 47.1 Å². The van der Waals surface area contributed by atoms with Crippen molar-refractivity contribution in [3.63, 3.8) is 0 Å². The summed E-state index contributed by atoms with van der Waals surface area (Å²) in [5.74, 6) is -1.57. The summed E-state index contributed by atoms with van der Waals surface area (Å²) < 4.78 is 10.3. The van der Waals surface area contributed by atoms with Crippen LogP contribution >= 0.6 is 11.6 Å². The maximum Gasteiger partial charge on any atom is 0.346 e. The summed E-state index contributed by atoms with van der Waals surface area (Å²) in [6, 6.07) is 9.44. The standard InChI is InChI=1S/C20H17ClN4O5/c1-3-29-20(28)16-17(12-4-6-14(21)7-5-12)25-30-19(16)24-18(27)13-8-9-22-15(10-13)23-11(2)26/h4-10H,3H2,1-2H3,(H,24,27)(H,22,23,26). The first-order valence-corrected chi connectivity index (χ1v) is 9.24. The molecule has 2 amide bonds. The average molecular weight is 429 g/mol. The van der Waals surface area contributed by atoms with E-state index in [2.05, 4.69) is 20.8 Å². The highest BCUT2D eigenvalue weighted by atomic mass is 35.5. The Kier molecular flexibility index (Phi) is 6.43. The van der Waals surface area contributed by atoms with Gasteiger partial charge in [-0.2, -0.15) is 0 Å². The van der Waals surface area contributed by atoms with Crippen LogP contribution in [0.1, 0.15) is 34.6 Å². The van der Waals surface area contributed by atoms with Gasteiger partial charge in [0.15, 0.2) is 5.56 Å². The van der Waals surface area contributed by atoms with Gasteiger partial charge in [-0.15, -0.1) is 0 Å². The normalized spacial score (nSPS) is 10.4. The summed E-state index contributed by atoms with van der Waals surface area (Å²) in [4.78, 5) is 40.3. The Balaban J connectivity index is 1.94. The van der Waals surface area contributed by atoms with Crippen molar-refractivity contribution >= 4 is 41.1 Å². The minimum absolute atomic E-state index is 0.0244. The molecular formula is C20H17ClN4O5. The third-order valence-electron chi connectivity index (χ3n) is 3.84. The van der Waals surface area contributed by atoms with Crippen LogP contribution < -0.4 is 10.6 Å². The highest BCUT2D eigenvalue weighted by Gasteiger charge is 2.27. The van der Waals surface area contributed by atoms with Gasteiger partial charge in [0, 0.05) is 29.3 Å². The zero-order valence-corrected chi connectivity index (χ0v) is 16.8. The third-order valence-corrected chi connectivity index (χ3v) is 4.09. The van der Waals surface area contributed by atoms with E-state index in [-0.39, 0.29) is 41.0 Å². The van der Waals surface area contributed by atoms with Crippen LogP contribution in [0.3, 0.4) is 0 Å². The number of rotatable bonds is 6. The second-order valence-electron chi connectivity index (χ2n) is 6.03. The molecule has 3 aromatic rings. The first-order valence-electron chi connectivity index (χ1n) is 8.86. The van der Waals surface area contributed by atoms with Crippen molar-refractivity contribution < 1.29 is 23.6 Å². The number of nitrogens with one attached hydrogen (secondary N) is 2. The second-order valence-corrected chi connectivity index (χ2v) is 6.46. The average Bonchev–Trinajstić information content (AvgIpc) is 3.12. The van der Waals surface area contributed by atoms with Crippen LogP contribution in [0.2, 0.25) is 5.02 Å². The number of ether oxygens (including phenoxy) is 1. The Hall–Kier alpha value is -3.72. The quantitative estimate of drug-likeness (QED) is 0.572. The molecule has 0 saturated heterocycles. The number of hydrogen-bond acceptors (Lipinski definition) is 7. The Morgan fingerprint density at radius 1 is 1.13 bits per heavy atom. The van der Waals surface area contributed by atoms with Gasteiger partial charge in [0.05, 0.1) is 6.61 Å². The Morgan fingerprint density at radius 3 is 2.53 bits per heavy atom. The lowest BCUT2D eigenvalue weighted by atomic mass is 10.1. The van der Waals surface area contributed by atoms with Gasteiger partial charge in [-0.05, 0) is 31.2 Å². The van der Waals surface area contributed by atoms with Crippen molar-refractivity contribution in [1.29, 1.82) is 0 Å². The van der Waals surface area contributed by atoms with E-state index in [4.69, 9.17) is 20.9 Å². The lowest BCUT2D eigenvalue weighted by molar-refractivity contribution is -0.114. The number of esters is 1. The lowest BCUT2D eigenvalue weighted by Gasteiger charge is -2.07. The fourth-order valence-electron chi connectivity index (χ4n) is 2.57. The predicted molar refractivity (Wildman–Crippen MR) is 109 cm³/mol. The molecule has 0 spiro atoms. The molecule has 0 atom stereocenters. The molecule has 3 rings (SSSR count). The number of benzene rings is 1. The fourth-order valence-corrected chi connectivity index (χ4v) is 2.69. The van der Waals surface area contributed by atoms with E-state index in [1.807, 2.05) is 0 Å². The molecule has 30 heavy (non-hydrogen) atoms. The minimum atomic E-state index is -0.701. The van der Waals surface area contributed by atoms with Crippen LogP contribution in [0.25, 0.3) is 11.3 Å². The number of pyridine rings is 1. The monoisotopic (exact) mass is 428 g/mol. The molecule has 2 aromatic heterocycles. The van der Waals surface area contributed by atoms with Crippen molar-refractivity contribution in [2.24, 2.45) is 0 Å². The topological polar surface area (TPSA) is 123 Å². The smallest absolute Gasteiger partial charge is 0.346 e. The first-order chi connectivity index (χ1) is 14.4. The number of carbonyl (C=O) groups is 3. The largest absolute Gasteiger partial charge is 0.462 e. The molecule has 0 bridgehead atoms. The Labute approximate surface area is 176 Å². The van der Waals surface area contributed by atoms with Gasteiger partial charge in [-0.25, -0.2) is 9.78 Å². The van der Waals surface area contributed by atoms with Crippen molar-refractivity contribution in [2.45, 2.75) is 13.8 Å². The summed E-state index contributed by atoms with van der Waals surface area (Å²) in [6.07, 6.45) is 1.37. The molecule has 0 unspecified atom stereocenters. The van der Waals surface area contributed by atoms with Crippen molar-refractivity contribution in [3.8, 4) is 11.3 Å². The summed E-state index contributed by atoms with van der Waals surface area (Å²) in [5, 5.41) is 9.44. The van der Waals surface area contributed by atoms with Crippen molar-refractivity contribution in [2.75, 3.05) is 17.2 Å². The number of anilines is 2. The summed E-state index contributed by atoms with van der Waals surface area (Å²) >= 11 is 5.91. The highest BCUT2D eigenvalue weighted by Crippen LogP contribution is 2.30. The van der Waals surface area contributed by atoms with E-state index < -0.39 is 11.9 Å². The molecular weight excluding hydrogens is 412 g/mol. The van der Waals surface area contributed by atoms with Gasteiger partial charge in [0.2, 0.25) is 11.8 Å². The third kappa shape index (κ3) is 4.81. The molecule has 2 N–H and O–H groups in total. The zero-order chi connectivity index (χ0) is 21.7. The molecule has 0 aliphatic rings. The van der Waals surface area contributed by atoms with Crippen LogP contribution in [-0.2, 0) is 9.53 Å². The van der Waals surface area contributed by atoms with Gasteiger partial charge < -0.3 is 14.6 Å². The predicted octanol–water partition coefficient (Wildman–Crippen LogP) is 3.78. The second kappa shape index (κ2) is 9.19. The van der Waals surface area contributed by atoms with E-state index in [0.29, 0.717) is 10.6 Å². The van der Waals surface area contributed by atoms with Crippen molar-refractivity contribution in [3.05, 3.63) is 58.7 Å². The van der Waals surface area contributed by atoms with Crippen molar-refractivity contribution in [1.82, 2.24) is 10.1 Å². The number of amides is 2. The first kappa shape index (κ1) is 21.0. The highest BCUT2D eigenvalue weighted by molar-refractivity contribution is 6.30. The summed E-state index contributed by atoms with van der Waals surface area (Å²) in [5.41, 5.74) is 0.925. The molecule has 1 aromatic carbocycles. The van der Waals surface area contributed by atoms with Crippen LogP contribution in [0, 0.1) is 0 Å². The number of nitrogens with zero attached hydrogens (tertiary/aromatic N) is 2. The number of aromatic nitrogens is 2. The Bertz CT molecular complexity index is 1090. The van der Waals surface area contributed by atoms with Gasteiger partial charge in [0.25, 0.3) is 5.91 Å². The molecule has 9 nitrogen and oxygen atoms in total.